The summed E-state index contributed by atoms with van der Waals surface area (Å²) < 4.78 is 88.3. The molecule has 10 N–H and O–H groups in total. The van der Waals surface area contributed by atoms with Gasteiger partial charge in [0.25, 0.3) is 0 Å². The molecule has 10 nitrogen and oxygen atoms in total. The average molecular weight is 533 g/mol. The van der Waals surface area contributed by atoms with Gasteiger partial charge in [-0.1, -0.05) is 18.2 Å². The zero-order valence-electron chi connectivity index (χ0n) is 17.2. The van der Waals surface area contributed by atoms with E-state index in [2.05, 4.69) is 0 Å². The largest absolute Gasteiger partial charge is 0.507 e. The first-order chi connectivity index (χ1) is 13.2. The average Bonchev–Trinajstić information content (AvgIpc) is 2.57. The summed E-state index contributed by atoms with van der Waals surface area (Å²) in [6, 6.07) is 7.15. The maximum atomic E-state index is 10.3. The van der Waals surface area contributed by atoms with Crippen LogP contribution in [0.3, 0.4) is 0 Å². The van der Waals surface area contributed by atoms with Gasteiger partial charge in [0.2, 0.25) is 0 Å². The molecule has 0 fully saturated rings. The Hall–Kier alpha value is 1.41. The first-order valence-corrected chi connectivity index (χ1v) is 12.2. The Bertz CT molecular complexity index is 1250. The van der Waals surface area contributed by atoms with Crippen LogP contribution in [0, 0.1) is 0 Å². The van der Waals surface area contributed by atoms with Crippen LogP contribution in [0.15, 0.2) is 51.1 Å². The Kier molecular flexibility index (Phi) is 10.2. The van der Waals surface area contributed by atoms with E-state index in [1.807, 2.05) is 0 Å². The van der Waals surface area contributed by atoms with Gasteiger partial charge in [0.15, 0.2) is 0 Å². The number of benzene rings is 4. The second kappa shape index (κ2) is 10.4. The summed E-state index contributed by atoms with van der Waals surface area (Å²) in [5.74, 6) is -0.436. The maximum absolute atomic E-state index is 10.3. The third-order valence-corrected chi connectivity index (χ3v) is 7.43. The molecule has 4 rings (SSSR count). The Balaban J connectivity index is 0.00000171. The molecule has 0 aromatic heterocycles. The SMILES string of the molecule is Oc1cc(S(O)(O)O)c2ccc3c(S(O)(O)O)cc(S(O)(O)O)c4ccc1c2c43.[Na].[Na].[Na]. The van der Waals surface area contributed by atoms with Gasteiger partial charge >= 0.3 is 0 Å². The van der Waals surface area contributed by atoms with Crippen LogP contribution in [0.5, 0.6) is 5.75 Å². The first-order valence-electron chi connectivity index (χ1n) is 7.71. The third kappa shape index (κ3) is 5.39. The van der Waals surface area contributed by atoms with Crippen molar-refractivity contribution in [2.24, 2.45) is 0 Å². The molecule has 3 radical (unpaired) electrons. The number of phenols is 1. The molecule has 0 unspecified atom stereocenters. The number of aromatic hydroxyl groups is 1. The van der Waals surface area contributed by atoms with Gasteiger partial charge < -0.3 is 46.1 Å². The number of rotatable bonds is 3. The van der Waals surface area contributed by atoms with Crippen LogP contribution in [0.25, 0.3) is 32.3 Å². The maximum Gasteiger partial charge on any atom is 0.124 e. The van der Waals surface area contributed by atoms with Crippen molar-refractivity contribution in [3.63, 3.8) is 0 Å². The Morgan fingerprint density at radius 1 is 0.438 bits per heavy atom. The van der Waals surface area contributed by atoms with Gasteiger partial charge in [0.05, 0.1) is 14.7 Å². The molecule has 0 aliphatic carbocycles. The number of hydrogen-bond donors (Lipinski definition) is 10. The zero-order valence-corrected chi connectivity index (χ0v) is 25.6. The van der Waals surface area contributed by atoms with Gasteiger partial charge in [-0.05, 0) is 18.2 Å². The van der Waals surface area contributed by atoms with E-state index >= 15 is 0 Å². The summed E-state index contributed by atoms with van der Waals surface area (Å²) in [6.45, 7) is 0. The Morgan fingerprint density at radius 2 is 0.719 bits per heavy atom. The second-order valence-corrected chi connectivity index (χ2v) is 10.8. The van der Waals surface area contributed by atoms with E-state index in [9.17, 15) is 46.1 Å². The van der Waals surface area contributed by atoms with E-state index in [4.69, 9.17) is 0 Å². The third-order valence-electron chi connectivity index (χ3n) is 4.65. The van der Waals surface area contributed by atoms with E-state index in [0.29, 0.717) is 0 Å². The van der Waals surface area contributed by atoms with Crippen LogP contribution in [0.1, 0.15) is 0 Å². The molecule has 0 aliphatic heterocycles. The van der Waals surface area contributed by atoms with E-state index < -0.39 is 53.0 Å². The molecule has 0 atom stereocenters. The fraction of sp³-hybridized carbons (Fsp3) is 0. The molecule has 4 aromatic carbocycles. The van der Waals surface area contributed by atoms with Gasteiger partial charge in [0.1, 0.15) is 38.4 Å². The van der Waals surface area contributed by atoms with Crippen LogP contribution in [0.2, 0.25) is 0 Å². The summed E-state index contributed by atoms with van der Waals surface area (Å²) in [5.41, 5.74) is 0. The summed E-state index contributed by atoms with van der Waals surface area (Å²) in [7, 11) is -13.0. The van der Waals surface area contributed by atoms with E-state index in [-0.39, 0.29) is 121 Å². The molecule has 0 spiro atoms. The van der Waals surface area contributed by atoms with Gasteiger partial charge in [-0.3, -0.25) is 0 Å². The van der Waals surface area contributed by atoms with Crippen molar-refractivity contribution in [3.8, 4) is 5.75 Å². The van der Waals surface area contributed by atoms with Crippen LogP contribution in [-0.4, -0.2) is 135 Å². The smallest absolute Gasteiger partial charge is 0.124 e. The molecule has 161 valence electrons. The molecular formula is C16H16Na3O10S3. The predicted molar refractivity (Wildman–Crippen MR) is 130 cm³/mol. The van der Waals surface area contributed by atoms with Crippen LogP contribution < -0.4 is 0 Å². The minimum Gasteiger partial charge on any atom is -0.507 e. The van der Waals surface area contributed by atoms with Crippen molar-refractivity contribution in [1.82, 2.24) is 0 Å². The van der Waals surface area contributed by atoms with Crippen LogP contribution in [-0.2, 0) is 0 Å². The van der Waals surface area contributed by atoms with E-state index in [1.54, 1.807) is 0 Å². The molecule has 16 heteroatoms. The topological polar surface area (TPSA) is 202 Å². The minimum absolute atomic E-state index is 0. The molecular weight excluding hydrogens is 517 g/mol. The molecule has 0 saturated carbocycles. The summed E-state index contributed by atoms with van der Waals surface area (Å²) >= 11 is 0. The fourth-order valence-corrected chi connectivity index (χ4v) is 5.85. The molecule has 32 heavy (non-hydrogen) atoms. The van der Waals surface area contributed by atoms with Crippen molar-refractivity contribution in [2.45, 2.75) is 14.7 Å². The normalized spacial score (nSPS) is 14.0. The molecule has 0 amide bonds. The van der Waals surface area contributed by atoms with Gasteiger partial charge in [-0.15, -0.1) is 0 Å². The molecule has 0 heterocycles. The van der Waals surface area contributed by atoms with E-state index in [1.165, 1.54) is 24.3 Å². The van der Waals surface area contributed by atoms with Crippen molar-refractivity contribution >= 4 is 154 Å². The second-order valence-electron chi connectivity index (χ2n) is 6.39. The Morgan fingerprint density at radius 3 is 1.06 bits per heavy atom. The molecule has 4 aromatic rings. The van der Waals surface area contributed by atoms with Crippen molar-refractivity contribution in [2.75, 3.05) is 0 Å². The quantitative estimate of drug-likeness (QED) is 0.127. The van der Waals surface area contributed by atoms with Crippen LogP contribution >= 0.6 is 32.6 Å². The van der Waals surface area contributed by atoms with Gasteiger partial charge in [-0.2, -0.15) is 0 Å². The minimum atomic E-state index is -4.38. The number of phenolic OH excluding ortho intramolecular Hbond substituents is 1. The summed E-state index contributed by atoms with van der Waals surface area (Å²) in [6.07, 6.45) is 0. The summed E-state index contributed by atoms with van der Waals surface area (Å²) in [4.78, 5) is -1.43. The zero-order chi connectivity index (χ0) is 21.5. The van der Waals surface area contributed by atoms with Crippen molar-refractivity contribution < 1.29 is 46.1 Å². The van der Waals surface area contributed by atoms with Gasteiger partial charge in [0, 0.05) is 121 Å². The predicted octanol–water partition coefficient (Wildman–Crippen LogP) is 4.89. The monoisotopic (exact) mass is 533 g/mol. The van der Waals surface area contributed by atoms with Crippen molar-refractivity contribution in [3.05, 3.63) is 36.4 Å². The molecule has 0 aliphatic rings. The van der Waals surface area contributed by atoms with E-state index in [0.717, 1.165) is 12.1 Å². The Labute approximate surface area is 253 Å². The van der Waals surface area contributed by atoms with Gasteiger partial charge in [-0.25, -0.2) is 0 Å². The van der Waals surface area contributed by atoms with Crippen molar-refractivity contribution in [1.29, 1.82) is 0 Å². The molecule has 0 bridgehead atoms. The first kappa shape index (κ1) is 31.4. The standard InChI is InChI=1S/C16H16O10S3.3Na/c17-11-5-12(27(18,19)20)8-3-4-10-14(29(24,25)26)6-13(28(21,22)23)9-2-1-7(11)15(8)16(9)10;;;/h1-6,17-26H;;;. The fourth-order valence-electron chi connectivity index (χ4n) is 3.56. The van der Waals surface area contributed by atoms with Crippen LogP contribution in [0.4, 0.5) is 0 Å². The number of hydrogen-bond acceptors (Lipinski definition) is 10. The summed E-state index contributed by atoms with van der Waals surface area (Å²) in [5, 5.41) is 10.8. The molecule has 0 saturated heterocycles.